The van der Waals surface area contributed by atoms with Crippen LogP contribution in [0.3, 0.4) is 0 Å². The van der Waals surface area contributed by atoms with Gasteiger partial charge in [0.25, 0.3) is 0 Å². The first-order valence-electron chi connectivity index (χ1n) is 9.04. The Bertz CT molecular complexity index is 926. The number of carbonyl (C=O) groups is 1. The molecule has 2 aromatic carbocycles. The molecule has 1 aliphatic rings. The predicted octanol–water partition coefficient (Wildman–Crippen LogP) is 3.44. The zero-order valence-electron chi connectivity index (χ0n) is 14.9. The van der Waals surface area contributed by atoms with Crippen molar-refractivity contribution in [2.45, 2.75) is 19.3 Å². The van der Waals surface area contributed by atoms with Gasteiger partial charge in [0, 0.05) is 26.6 Å². The number of hydrogen-bond donors (Lipinski definition) is 0. The quantitative estimate of drug-likeness (QED) is 0.729. The minimum absolute atomic E-state index is 0.106. The van der Waals surface area contributed by atoms with E-state index in [1.807, 2.05) is 54.4 Å². The number of benzene rings is 2. The van der Waals surface area contributed by atoms with Gasteiger partial charge in [0.2, 0.25) is 5.91 Å². The van der Waals surface area contributed by atoms with Gasteiger partial charge < -0.3 is 4.90 Å². The molecule has 1 amide bonds. The molecule has 1 aromatic heterocycles. The van der Waals surface area contributed by atoms with Crippen LogP contribution in [-0.4, -0.2) is 36.0 Å². The lowest BCUT2D eigenvalue weighted by Gasteiger charge is -2.23. The maximum atomic E-state index is 13.0. The standard InChI is InChI=1S/C21H22N4O/c1-24-14-7-15-25(19(26)13-12-16-8-3-2-4-9-16)21-20(24)22-17-10-5-6-11-18(17)23-21/h2-6,8-11H,7,12-15H2,1H3. The molecule has 26 heavy (non-hydrogen) atoms. The van der Waals surface area contributed by atoms with Crippen molar-refractivity contribution < 1.29 is 4.79 Å². The van der Waals surface area contributed by atoms with Crippen molar-refractivity contribution in [1.82, 2.24) is 9.97 Å². The van der Waals surface area contributed by atoms with Crippen LogP contribution in [0.4, 0.5) is 11.6 Å². The summed E-state index contributed by atoms with van der Waals surface area (Å²) >= 11 is 0. The number of para-hydroxylation sites is 2. The molecule has 0 fully saturated rings. The van der Waals surface area contributed by atoms with Crippen LogP contribution in [0.15, 0.2) is 54.6 Å². The Hall–Kier alpha value is -2.95. The fourth-order valence-corrected chi connectivity index (χ4v) is 3.37. The minimum Gasteiger partial charge on any atom is -0.357 e. The summed E-state index contributed by atoms with van der Waals surface area (Å²) in [5, 5.41) is 0. The summed E-state index contributed by atoms with van der Waals surface area (Å²) in [5.74, 6) is 1.58. The van der Waals surface area contributed by atoms with Crippen LogP contribution in [0, 0.1) is 0 Å². The van der Waals surface area contributed by atoms with Gasteiger partial charge in [0.05, 0.1) is 11.0 Å². The summed E-state index contributed by atoms with van der Waals surface area (Å²) in [6, 6.07) is 17.9. The average molecular weight is 346 g/mol. The number of hydrogen-bond acceptors (Lipinski definition) is 4. The Balaban J connectivity index is 1.65. The number of aryl methyl sites for hydroxylation is 1. The molecule has 4 rings (SSSR count). The van der Waals surface area contributed by atoms with E-state index in [-0.39, 0.29) is 5.91 Å². The van der Waals surface area contributed by atoms with Crippen molar-refractivity contribution in [3.05, 3.63) is 60.2 Å². The van der Waals surface area contributed by atoms with E-state index >= 15 is 0 Å². The van der Waals surface area contributed by atoms with Crippen molar-refractivity contribution in [3.8, 4) is 0 Å². The van der Waals surface area contributed by atoms with Gasteiger partial charge in [-0.25, -0.2) is 9.97 Å². The molecule has 0 bridgehead atoms. The highest BCUT2D eigenvalue weighted by atomic mass is 16.2. The first kappa shape index (κ1) is 16.5. The monoisotopic (exact) mass is 346 g/mol. The van der Waals surface area contributed by atoms with Crippen molar-refractivity contribution in [2.75, 3.05) is 29.9 Å². The van der Waals surface area contributed by atoms with E-state index < -0.39 is 0 Å². The molecule has 0 aliphatic carbocycles. The van der Waals surface area contributed by atoms with E-state index in [0.29, 0.717) is 18.8 Å². The third-order valence-corrected chi connectivity index (χ3v) is 4.80. The first-order valence-corrected chi connectivity index (χ1v) is 9.04. The number of nitrogens with zero attached hydrogens (tertiary/aromatic N) is 4. The topological polar surface area (TPSA) is 49.3 Å². The zero-order chi connectivity index (χ0) is 17.9. The smallest absolute Gasteiger partial charge is 0.228 e. The molecule has 3 aromatic rings. The van der Waals surface area contributed by atoms with Gasteiger partial charge in [0.15, 0.2) is 11.6 Å². The lowest BCUT2D eigenvalue weighted by molar-refractivity contribution is -0.118. The Kier molecular flexibility index (Phi) is 4.52. The Morgan fingerprint density at radius 1 is 0.923 bits per heavy atom. The van der Waals surface area contributed by atoms with Gasteiger partial charge in [-0.2, -0.15) is 0 Å². The molecule has 5 heteroatoms. The van der Waals surface area contributed by atoms with Crippen molar-refractivity contribution in [1.29, 1.82) is 0 Å². The SMILES string of the molecule is CN1CCCN(C(=O)CCc2ccccc2)c2nc3ccccc3nc21. The van der Waals surface area contributed by atoms with Crippen LogP contribution in [0.1, 0.15) is 18.4 Å². The Morgan fingerprint density at radius 2 is 1.58 bits per heavy atom. The van der Waals surface area contributed by atoms with E-state index in [0.717, 1.165) is 36.2 Å². The lowest BCUT2D eigenvalue weighted by atomic mass is 10.1. The molecule has 2 heterocycles. The van der Waals surface area contributed by atoms with Crippen molar-refractivity contribution in [3.63, 3.8) is 0 Å². The Labute approximate surface area is 153 Å². The molecule has 132 valence electrons. The number of fused-ring (bicyclic) bond motifs is 2. The van der Waals surface area contributed by atoms with Gasteiger partial charge in [-0.1, -0.05) is 42.5 Å². The van der Waals surface area contributed by atoms with Crippen LogP contribution >= 0.6 is 0 Å². The number of carbonyl (C=O) groups excluding carboxylic acids is 1. The maximum absolute atomic E-state index is 13.0. The predicted molar refractivity (Wildman–Crippen MR) is 105 cm³/mol. The van der Waals surface area contributed by atoms with E-state index in [1.54, 1.807) is 0 Å². The van der Waals surface area contributed by atoms with Crippen LogP contribution < -0.4 is 9.80 Å². The Morgan fingerprint density at radius 3 is 2.31 bits per heavy atom. The van der Waals surface area contributed by atoms with Gasteiger partial charge in [0.1, 0.15) is 0 Å². The maximum Gasteiger partial charge on any atom is 0.228 e. The van der Waals surface area contributed by atoms with Crippen molar-refractivity contribution >= 4 is 28.6 Å². The van der Waals surface area contributed by atoms with Gasteiger partial charge >= 0.3 is 0 Å². The normalized spacial score (nSPS) is 14.2. The lowest BCUT2D eigenvalue weighted by Crippen LogP contribution is -2.32. The molecule has 0 saturated carbocycles. The summed E-state index contributed by atoms with van der Waals surface area (Å²) in [7, 11) is 2.01. The average Bonchev–Trinajstić information content (AvgIpc) is 2.84. The van der Waals surface area contributed by atoms with Gasteiger partial charge in [-0.3, -0.25) is 9.69 Å². The second kappa shape index (κ2) is 7.12. The summed E-state index contributed by atoms with van der Waals surface area (Å²) in [6.45, 7) is 1.54. The molecule has 1 aliphatic heterocycles. The molecule has 0 unspecified atom stereocenters. The number of amides is 1. The fraction of sp³-hybridized carbons (Fsp3) is 0.286. The minimum atomic E-state index is 0.106. The van der Waals surface area contributed by atoms with Crippen molar-refractivity contribution in [2.24, 2.45) is 0 Å². The highest BCUT2D eigenvalue weighted by Gasteiger charge is 2.26. The summed E-state index contributed by atoms with van der Waals surface area (Å²) in [5.41, 5.74) is 2.86. The molecule has 0 N–H and O–H groups in total. The fourth-order valence-electron chi connectivity index (χ4n) is 3.37. The van der Waals surface area contributed by atoms with Gasteiger partial charge in [-0.05, 0) is 30.5 Å². The van der Waals surface area contributed by atoms with Gasteiger partial charge in [-0.15, -0.1) is 0 Å². The highest BCUT2D eigenvalue weighted by Crippen LogP contribution is 2.30. The summed E-state index contributed by atoms with van der Waals surface area (Å²) in [4.78, 5) is 26.4. The molecule has 0 spiro atoms. The van der Waals surface area contributed by atoms with E-state index in [9.17, 15) is 4.79 Å². The highest BCUT2D eigenvalue weighted by molar-refractivity contribution is 5.96. The number of rotatable bonds is 3. The largest absolute Gasteiger partial charge is 0.357 e. The van der Waals surface area contributed by atoms with E-state index in [4.69, 9.17) is 9.97 Å². The molecule has 5 nitrogen and oxygen atoms in total. The van der Waals surface area contributed by atoms with E-state index in [1.165, 1.54) is 5.56 Å². The number of aromatic nitrogens is 2. The molecule has 0 radical (unpaired) electrons. The zero-order valence-corrected chi connectivity index (χ0v) is 14.9. The third-order valence-electron chi connectivity index (χ3n) is 4.80. The number of anilines is 2. The van der Waals surface area contributed by atoms with Crippen LogP contribution in [0.25, 0.3) is 11.0 Å². The molecule has 0 saturated heterocycles. The van der Waals surface area contributed by atoms with Crippen LogP contribution in [0.5, 0.6) is 0 Å². The third kappa shape index (κ3) is 3.25. The summed E-state index contributed by atoms with van der Waals surface area (Å²) < 4.78 is 0. The van der Waals surface area contributed by atoms with Crippen LogP contribution in [-0.2, 0) is 11.2 Å². The van der Waals surface area contributed by atoms with Crippen LogP contribution in [0.2, 0.25) is 0 Å². The van der Waals surface area contributed by atoms with E-state index in [2.05, 4.69) is 17.0 Å². The molecule has 0 atom stereocenters. The second-order valence-electron chi connectivity index (χ2n) is 6.67. The second-order valence-corrected chi connectivity index (χ2v) is 6.67. The summed E-state index contributed by atoms with van der Waals surface area (Å²) in [6.07, 6.45) is 2.12. The first-order chi connectivity index (χ1) is 12.7. The molecular weight excluding hydrogens is 324 g/mol. The molecular formula is C21H22N4O.